The lowest BCUT2D eigenvalue weighted by molar-refractivity contribution is -0.125. The molecular weight excluding hydrogens is 214 g/mol. The normalized spacial score (nSPS) is 31.5. The quantitative estimate of drug-likeness (QED) is 0.757. The van der Waals surface area contributed by atoms with E-state index in [2.05, 4.69) is 25.8 Å². The van der Waals surface area contributed by atoms with Crippen LogP contribution in [0, 0.1) is 5.92 Å². The van der Waals surface area contributed by atoms with Crippen LogP contribution in [0.5, 0.6) is 0 Å². The second-order valence-corrected chi connectivity index (χ2v) is 5.72. The summed E-state index contributed by atoms with van der Waals surface area (Å²) in [7, 11) is 2.13. The number of hydrogen-bond donors (Lipinski definition) is 2. The Labute approximate surface area is 105 Å². The van der Waals surface area contributed by atoms with Gasteiger partial charge in [-0.15, -0.1) is 0 Å². The Morgan fingerprint density at radius 1 is 1.59 bits per heavy atom. The molecule has 0 heterocycles. The number of amides is 1. The lowest BCUT2D eigenvalue weighted by atomic mass is 9.78. The van der Waals surface area contributed by atoms with E-state index in [1.54, 1.807) is 0 Å². The summed E-state index contributed by atoms with van der Waals surface area (Å²) < 4.78 is 0. The number of nitrogens with two attached hydrogens (primary N) is 2. The molecule has 0 aromatic rings. The molecular formula is C13H27N3O. The van der Waals surface area contributed by atoms with E-state index in [0.29, 0.717) is 18.4 Å². The van der Waals surface area contributed by atoms with Crippen LogP contribution in [0.25, 0.3) is 0 Å². The third-order valence-corrected chi connectivity index (χ3v) is 4.17. The first-order valence-electron chi connectivity index (χ1n) is 6.68. The average molecular weight is 241 g/mol. The molecule has 0 aliphatic heterocycles. The van der Waals surface area contributed by atoms with E-state index in [-0.39, 0.29) is 5.91 Å². The maximum Gasteiger partial charge on any atom is 0.237 e. The third-order valence-electron chi connectivity index (χ3n) is 4.17. The first-order valence-corrected chi connectivity index (χ1v) is 6.68. The molecule has 4 heteroatoms. The highest BCUT2D eigenvalue weighted by Crippen LogP contribution is 2.29. The van der Waals surface area contributed by atoms with Gasteiger partial charge in [0.25, 0.3) is 0 Å². The highest BCUT2D eigenvalue weighted by atomic mass is 16.1. The molecule has 17 heavy (non-hydrogen) atoms. The smallest absolute Gasteiger partial charge is 0.237 e. The van der Waals surface area contributed by atoms with Crippen LogP contribution >= 0.6 is 0 Å². The fraction of sp³-hybridized carbons (Fsp3) is 0.923. The van der Waals surface area contributed by atoms with Gasteiger partial charge in [0.05, 0.1) is 5.54 Å². The van der Waals surface area contributed by atoms with Gasteiger partial charge in [0.2, 0.25) is 5.91 Å². The number of rotatable bonds is 5. The Morgan fingerprint density at radius 2 is 2.24 bits per heavy atom. The summed E-state index contributed by atoms with van der Waals surface area (Å²) in [5.74, 6) is 0.335. The van der Waals surface area contributed by atoms with Crippen LogP contribution in [0.2, 0.25) is 0 Å². The summed E-state index contributed by atoms with van der Waals surface area (Å²) in [5.41, 5.74) is 10.7. The van der Waals surface area contributed by atoms with Crippen molar-refractivity contribution in [2.24, 2.45) is 17.4 Å². The van der Waals surface area contributed by atoms with Gasteiger partial charge in [-0.05, 0) is 38.6 Å². The lowest BCUT2D eigenvalue weighted by Crippen LogP contribution is -2.58. The van der Waals surface area contributed by atoms with Gasteiger partial charge in [-0.1, -0.05) is 20.3 Å². The molecule has 100 valence electrons. The minimum Gasteiger partial charge on any atom is -0.368 e. The molecule has 0 bridgehead atoms. The summed E-state index contributed by atoms with van der Waals surface area (Å²) >= 11 is 0. The predicted octanol–water partition coefficient (Wildman–Crippen LogP) is 1.09. The van der Waals surface area contributed by atoms with Crippen LogP contribution in [0.3, 0.4) is 0 Å². The van der Waals surface area contributed by atoms with Crippen LogP contribution in [0.1, 0.15) is 46.0 Å². The van der Waals surface area contributed by atoms with E-state index in [9.17, 15) is 4.79 Å². The van der Waals surface area contributed by atoms with Crippen molar-refractivity contribution in [1.29, 1.82) is 0 Å². The fourth-order valence-corrected chi connectivity index (χ4v) is 2.65. The van der Waals surface area contributed by atoms with Crippen molar-refractivity contribution in [1.82, 2.24) is 4.90 Å². The van der Waals surface area contributed by atoms with E-state index < -0.39 is 5.54 Å². The van der Waals surface area contributed by atoms with E-state index in [0.717, 1.165) is 25.8 Å². The van der Waals surface area contributed by atoms with Gasteiger partial charge in [-0.2, -0.15) is 0 Å². The SMILES string of the molecule is CCC(C)CN(C)C1CCCC(N)(C(N)=O)C1. The summed E-state index contributed by atoms with van der Waals surface area (Å²) in [4.78, 5) is 13.7. The minimum atomic E-state index is -0.785. The average Bonchev–Trinajstić information content (AvgIpc) is 2.28. The molecule has 3 unspecified atom stereocenters. The number of nitrogens with zero attached hydrogens (tertiary/aromatic N) is 1. The summed E-state index contributed by atoms with van der Waals surface area (Å²) in [6.07, 6.45) is 4.74. The molecule has 1 aliphatic carbocycles. The van der Waals surface area contributed by atoms with Crippen molar-refractivity contribution in [3.05, 3.63) is 0 Å². The van der Waals surface area contributed by atoms with Crippen LogP contribution in [0.4, 0.5) is 0 Å². The molecule has 1 rings (SSSR count). The summed E-state index contributed by atoms with van der Waals surface area (Å²) in [5, 5.41) is 0. The molecule has 1 aliphatic rings. The van der Waals surface area contributed by atoms with Crippen LogP contribution in [-0.4, -0.2) is 36.0 Å². The largest absolute Gasteiger partial charge is 0.368 e. The molecule has 0 radical (unpaired) electrons. The van der Waals surface area contributed by atoms with Gasteiger partial charge in [0.15, 0.2) is 0 Å². The topological polar surface area (TPSA) is 72.3 Å². The molecule has 0 spiro atoms. The van der Waals surface area contributed by atoms with Crippen LogP contribution in [-0.2, 0) is 4.79 Å². The number of carbonyl (C=O) groups is 1. The molecule has 0 saturated heterocycles. The predicted molar refractivity (Wildman–Crippen MR) is 70.5 cm³/mol. The van der Waals surface area contributed by atoms with Crippen LogP contribution < -0.4 is 11.5 Å². The summed E-state index contributed by atoms with van der Waals surface area (Å²) in [6.45, 7) is 5.52. The molecule has 1 fully saturated rings. The molecule has 0 aromatic heterocycles. The van der Waals surface area contributed by atoms with Crippen molar-refractivity contribution in [3.63, 3.8) is 0 Å². The first kappa shape index (κ1) is 14.5. The minimum absolute atomic E-state index is 0.348. The van der Waals surface area contributed by atoms with Crippen molar-refractivity contribution in [3.8, 4) is 0 Å². The standard InChI is InChI=1S/C13H27N3O/c1-4-10(2)9-16(3)11-6-5-7-13(15,8-11)12(14)17/h10-11H,4-9,15H2,1-3H3,(H2,14,17). The Balaban J connectivity index is 2.57. The Morgan fingerprint density at radius 3 is 2.76 bits per heavy atom. The number of primary amides is 1. The summed E-state index contributed by atoms with van der Waals surface area (Å²) in [6, 6.07) is 0.398. The Hall–Kier alpha value is -0.610. The lowest BCUT2D eigenvalue weighted by Gasteiger charge is -2.40. The number of carbonyl (C=O) groups excluding carboxylic acids is 1. The van der Waals surface area contributed by atoms with Crippen molar-refractivity contribution < 1.29 is 4.79 Å². The zero-order valence-electron chi connectivity index (χ0n) is 11.4. The third kappa shape index (κ3) is 3.68. The van der Waals surface area contributed by atoms with Gasteiger partial charge in [-0.25, -0.2) is 0 Å². The van der Waals surface area contributed by atoms with Gasteiger partial charge in [-0.3, -0.25) is 4.79 Å². The highest BCUT2D eigenvalue weighted by Gasteiger charge is 2.38. The second kappa shape index (κ2) is 5.83. The van der Waals surface area contributed by atoms with Crippen LogP contribution in [0.15, 0.2) is 0 Å². The van der Waals surface area contributed by atoms with Gasteiger partial charge in [0, 0.05) is 12.6 Å². The molecule has 3 atom stereocenters. The molecule has 0 aromatic carbocycles. The molecule has 4 N–H and O–H groups in total. The van der Waals surface area contributed by atoms with Crippen molar-refractivity contribution >= 4 is 5.91 Å². The van der Waals surface area contributed by atoms with Crippen molar-refractivity contribution in [2.45, 2.75) is 57.5 Å². The highest BCUT2D eigenvalue weighted by molar-refractivity contribution is 5.84. The monoisotopic (exact) mass is 241 g/mol. The maximum atomic E-state index is 11.4. The second-order valence-electron chi connectivity index (χ2n) is 5.72. The van der Waals surface area contributed by atoms with Gasteiger partial charge >= 0.3 is 0 Å². The van der Waals surface area contributed by atoms with E-state index in [1.807, 2.05) is 0 Å². The van der Waals surface area contributed by atoms with E-state index in [1.165, 1.54) is 6.42 Å². The van der Waals surface area contributed by atoms with E-state index in [4.69, 9.17) is 11.5 Å². The Bertz CT molecular complexity index is 269. The van der Waals surface area contributed by atoms with Gasteiger partial charge < -0.3 is 16.4 Å². The molecule has 1 saturated carbocycles. The van der Waals surface area contributed by atoms with Crippen molar-refractivity contribution in [2.75, 3.05) is 13.6 Å². The zero-order valence-corrected chi connectivity index (χ0v) is 11.4. The maximum absolute atomic E-state index is 11.4. The zero-order chi connectivity index (χ0) is 13.1. The molecule has 4 nitrogen and oxygen atoms in total. The van der Waals surface area contributed by atoms with E-state index >= 15 is 0 Å². The Kier molecular flexibility index (Phi) is 4.95. The first-order chi connectivity index (χ1) is 7.89. The fourth-order valence-electron chi connectivity index (χ4n) is 2.65. The molecule has 1 amide bonds. The van der Waals surface area contributed by atoms with Gasteiger partial charge in [0.1, 0.15) is 0 Å². The number of hydrogen-bond acceptors (Lipinski definition) is 3.